The summed E-state index contributed by atoms with van der Waals surface area (Å²) in [4.78, 5) is 26.2. The molecule has 0 aromatic carbocycles. The first kappa shape index (κ1) is 129. The van der Waals surface area contributed by atoms with E-state index in [1.165, 1.54) is 253 Å². The number of rotatable bonds is 14. The van der Waals surface area contributed by atoms with Crippen molar-refractivity contribution >= 4 is 0 Å². The molecule has 7 atom stereocenters. The number of piperazine rings is 1. The molecule has 134 heavy (non-hydrogen) atoms. The van der Waals surface area contributed by atoms with Crippen molar-refractivity contribution < 1.29 is 22.3 Å². The third kappa shape index (κ3) is 51.8. The molecule has 13 heterocycles. The molecule has 13 aliphatic heterocycles. The average Bonchev–Trinajstić information content (AvgIpc) is 1.58. The molecule has 14 rings (SSSR count). The van der Waals surface area contributed by atoms with Crippen LogP contribution in [-0.2, 0) is 4.74 Å². The van der Waals surface area contributed by atoms with E-state index in [1.54, 1.807) is 13.8 Å². The molecule has 7 unspecified atom stereocenters. The molecule has 0 amide bonds. The fourth-order valence-corrected chi connectivity index (χ4v) is 22.5. The van der Waals surface area contributed by atoms with Gasteiger partial charge in [0.1, 0.15) is 5.67 Å². The molecule has 3 N–H and O–H groups in total. The quantitative estimate of drug-likeness (QED) is 0.144. The van der Waals surface area contributed by atoms with Gasteiger partial charge in [-0.3, -0.25) is 4.90 Å². The highest BCUT2D eigenvalue weighted by Crippen LogP contribution is 2.55. The second-order valence-electron chi connectivity index (χ2n) is 50.0. The number of nitrogens with zero attached hydrogens (tertiary/aromatic N) is 11. The summed E-state index contributed by atoms with van der Waals surface area (Å²) < 4.78 is 58.3. The molecule has 802 valence electrons. The van der Waals surface area contributed by atoms with Gasteiger partial charge in [-0.05, 0) is 434 Å². The summed E-state index contributed by atoms with van der Waals surface area (Å²) in [6, 6.07) is 2.39. The standard InChI is InChI=1S/C10H18F3N.2C10H21N.C9H18FN.C9H17N.3C9H19N.C8H18N2.C8H17NO.3C8H17N/c1-8(2)9(10(11,12)13)4-6-14(3)7-5-9;1-9(2)10(3)5-7-11(4)8-6-10;1-4-11-7-5-10(6-8-11)9(2)3;1-8(2)9(10)4-6-11(3)7-5-9;1-6(2)9-7-4-10(3)5-8(7)9;1-8(2)9-4-6-10(3)7-5-9;1-8(2)9-5-4-6-10(3)7-9;1-8(2)9-6-4-5-7-10(9)3;1-8(2)10-6-4-9(3)5-7-10;1-7(2)8-6-9(3)4-5-10-8;1-7(2)8-3-5-9-6-4-8;1-7(2)8-4-3-5-9-6-8;1-7(2)8-5-3-4-6-9-8/h8H,4-7H2,1-3H3;9H,5-8H2,1-4H3;9-10H,4-8H2,1-3H3;8H,4-7H2,1-3H3;6-9H,4-5H2,1-3H3;3*8-9H,4-7H2,1-3H3;8H,4-7H2,1-3H3;7-8H,4-6H2,1-3H3;3*7-9H,3-6H2,1-2H3. The fourth-order valence-electron chi connectivity index (χ4n) is 22.5. The lowest BCUT2D eigenvalue weighted by Gasteiger charge is -2.44. The molecule has 0 bridgehead atoms. The van der Waals surface area contributed by atoms with E-state index in [0.29, 0.717) is 43.4 Å². The van der Waals surface area contributed by atoms with Crippen LogP contribution in [0, 0.1) is 129 Å². The number of likely N-dealkylation sites (N-methyl/N-ethyl adjacent to an activating group) is 2. The fraction of sp³-hybridized carbons (Fsp3) is 1.00. The minimum atomic E-state index is -4.05. The van der Waals surface area contributed by atoms with Crippen LogP contribution in [0.25, 0.3) is 0 Å². The number of hydrogen-bond acceptors (Lipinski definition) is 15. The van der Waals surface area contributed by atoms with E-state index in [9.17, 15) is 17.6 Å². The molecule has 0 aromatic heterocycles. The number of halogens is 4. The van der Waals surface area contributed by atoms with Gasteiger partial charge in [0.2, 0.25) is 0 Å². The van der Waals surface area contributed by atoms with Crippen molar-refractivity contribution in [3.63, 3.8) is 0 Å². The zero-order valence-corrected chi connectivity index (χ0v) is 96.6. The van der Waals surface area contributed by atoms with E-state index in [4.69, 9.17) is 4.74 Å². The Morgan fingerprint density at radius 2 is 0.799 bits per heavy atom. The van der Waals surface area contributed by atoms with Crippen LogP contribution < -0.4 is 16.0 Å². The van der Waals surface area contributed by atoms with Gasteiger partial charge >= 0.3 is 6.18 Å². The summed E-state index contributed by atoms with van der Waals surface area (Å²) in [7, 11) is 19.4. The third-order valence-electron chi connectivity index (χ3n) is 35.1. The smallest absolute Gasteiger partial charge is 0.375 e. The van der Waals surface area contributed by atoms with Gasteiger partial charge in [0.25, 0.3) is 0 Å². The predicted octanol–water partition coefficient (Wildman–Crippen LogP) is 24.0. The Bertz CT molecular complexity index is 2580. The average molecular weight is 1910 g/mol. The van der Waals surface area contributed by atoms with Gasteiger partial charge in [0.15, 0.2) is 0 Å². The van der Waals surface area contributed by atoms with E-state index >= 15 is 0 Å². The lowest BCUT2D eigenvalue weighted by molar-refractivity contribution is -0.252. The second-order valence-corrected chi connectivity index (χ2v) is 50.0. The van der Waals surface area contributed by atoms with Crippen LogP contribution in [0.4, 0.5) is 17.6 Å². The number of alkyl halides is 4. The summed E-state index contributed by atoms with van der Waals surface area (Å²) in [5.74, 6) is 16.5. The summed E-state index contributed by atoms with van der Waals surface area (Å²) in [5, 5.41) is 10.3. The van der Waals surface area contributed by atoms with Gasteiger partial charge in [-0.25, -0.2) is 4.39 Å². The van der Waals surface area contributed by atoms with Gasteiger partial charge in [-0.1, -0.05) is 193 Å². The van der Waals surface area contributed by atoms with Crippen LogP contribution in [0.3, 0.4) is 0 Å². The Hall–Kier alpha value is -0.880. The predicted molar refractivity (Wildman–Crippen MR) is 580 cm³/mol. The number of hydrogen-bond donors (Lipinski definition) is 3. The maximum Gasteiger partial charge on any atom is 0.394 e. The molecular formula is C115H238F4N14O. The Kier molecular flexibility index (Phi) is 66.0. The Balaban J connectivity index is 0.000000492. The van der Waals surface area contributed by atoms with Crippen LogP contribution in [0.2, 0.25) is 0 Å². The minimum Gasteiger partial charge on any atom is -0.375 e. The van der Waals surface area contributed by atoms with E-state index in [0.717, 1.165) is 152 Å². The Morgan fingerprint density at radius 1 is 0.343 bits per heavy atom. The minimum absolute atomic E-state index is 0.177. The van der Waals surface area contributed by atoms with Gasteiger partial charge < -0.3 is 69.7 Å². The number of ether oxygens (including phenoxy) is 1. The van der Waals surface area contributed by atoms with Gasteiger partial charge in [-0.15, -0.1) is 0 Å². The number of nitrogens with one attached hydrogen (secondary N) is 3. The lowest BCUT2D eigenvalue weighted by Crippen LogP contribution is -2.50. The van der Waals surface area contributed by atoms with Crippen molar-refractivity contribution in [3.05, 3.63) is 0 Å². The van der Waals surface area contributed by atoms with E-state index in [-0.39, 0.29) is 24.7 Å². The Morgan fingerprint density at radius 3 is 1.14 bits per heavy atom. The Labute approximate surface area is 834 Å². The molecule has 0 radical (unpaired) electrons. The van der Waals surface area contributed by atoms with E-state index in [1.807, 2.05) is 25.8 Å². The molecule has 15 nitrogen and oxygen atoms in total. The van der Waals surface area contributed by atoms with E-state index < -0.39 is 17.3 Å². The maximum atomic E-state index is 13.8. The third-order valence-corrected chi connectivity index (χ3v) is 35.1. The lowest BCUT2D eigenvalue weighted by atomic mass is 9.69. The highest BCUT2D eigenvalue weighted by Gasteiger charge is 2.57. The zero-order chi connectivity index (χ0) is 101. The van der Waals surface area contributed by atoms with Crippen LogP contribution in [0.5, 0.6) is 0 Å². The molecule has 13 saturated heterocycles. The van der Waals surface area contributed by atoms with Crippen molar-refractivity contribution in [1.82, 2.24) is 69.8 Å². The number of fused-ring (bicyclic) bond motifs is 1. The number of piperidine rings is 11. The van der Waals surface area contributed by atoms with Crippen molar-refractivity contribution in [3.8, 4) is 0 Å². The first-order valence-corrected chi connectivity index (χ1v) is 56.9. The molecule has 1 aliphatic carbocycles. The van der Waals surface area contributed by atoms with Crippen LogP contribution in [0.1, 0.15) is 335 Å². The summed E-state index contributed by atoms with van der Waals surface area (Å²) >= 11 is 0. The molecule has 14 fully saturated rings. The molecule has 0 spiro atoms. The van der Waals surface area contributed by atoms with Crippen molar-refractivity contribution in [2.45, 2.75) is 371 Å². The number of morpholine rings is 1. The maximum absolute atomic E-state index is 13.8. The SMILES string of the molecule is CC(C)C1(C(F)(F)F)CCN(C)CC1.CC(C)C1(C)CCN(C)CC1.CC(C)C1(F)CCN(C)CC1.CC(C)C1C2CN(C)CC21.CC(C)C1CCCCN1.CC(C)C1CCCCN1C.CC(C)C1CCCN(C)C1.CC(C)C1CCCNC1.CC(C)C1CCN(C)CC1.CC(C)C1CCNCC1.CC(C)C1CN(C)CCO1.CC(C)N1CCN(C)CC1.CCN1CCC(C(C)C)CC1. The molecule has 14 aliphatic rings. The first-order valence-electron chi connectivity index (χ1n) is 56.9. The second kappa shape index (κ2) is 68.5. The van der Waals surface area contributed by atoms with Gasteiger partial charge in [0, 0.05) is 90.1 Å². The molecule has 0 aromatic rings. The summed E-state index contributed by atoms with van der Waals surface area (Å²) in [5.41, 5.74) is -1.71. The van der Waals surface area contributed by atoms with Gasteiger partial charge in [0.05, 0.1) is 18.1 Å². The molecule has 19 heteroatoms. The summed E-state index contributed by atoms with van der Waals surface area (Å²) in [6.07, 6.45) is 23.6. The topological polar surface area (TPSA) is 81.0 Å². The zero-order valence-electron chi connectivity index (χ0n) is 96.6. The highest BCUT2D eigenvalue weighted by atomic mass is 19.4. The van der Waals surface area contributed by atoms with E-state index in [2.05, 4.69) is 288 Å². The highest BCUT2D eigenvalue weighted by molar-refractivity contribution is 5.05. The number of likely N-dealkylation sites (tertiary alicyclic amines) is 8. The summed E-state index contributed by atoms with van der Waals surface area (Å²) in [6.45, 7) is 95.9. The normalized spacial score (nSPS) is 27.7. The first-order chi connectivity index (χ1) is 62.7. The molecule has 1 saturated carbocycles. The van der Waals surface area contributed by atoms with Gasteiger partial charge in [-0.2, -0.15) is 13.2 Å². The van der Waals surface area contributed by atoms with Crippen molar-refractivity contribution in [1.29, 1.82) is 0 Å². The largest absolute Gasteiger partial charge is 0.394 e. The monoisotopic (exact) mass is 1910 g/mol. The van der Waals surface area contributed by atoms with Crippen LogP contribution in [0.15, 0.2) is 0 Å². The molecular weight excluding hydrogens is 1670 g/mol. The van der Waals surface area contributed by atoms with Crippen molar-refractivity contribution in [2.24, 2.45) is 129 Å². The van der Waals surface area contributed by atoms with Crippen LogP contribution >= 0.6 is 0 Å². The van der Waals surface area contributed by atoms with Crippen molar-refractivity contribution in [2.75, 3.05) is 247 Å². The van der Waals surface area contributed by atoms with Crippen LogP contribution in [-0.4, -0.2) is 337 Å².